The van der Waals surface area contributed by atoms with Gasteiger partial charge in [-0.2, -0.15) is 10.4 Å². The molecule has 0 fully saturated rings. The molecule has 6 nitrogen and oxygen atoms in total. The topological polar surface area (TPSA) is 79.9 Å². The maximum atomic E-state index is 12.1. The molecule has 0 saturated heterocycles. The third-order valence-corrected chi connectivity index (χ3v) is 5.30. The van der Waals surface area contributed by atoms with E-state index in [0.29, 0.717) is 34.8 Å². The summed E-state index contributed by atoms with van der Waals surface area (Å²) in [4.78, 5) is 12.1. The Kier molecular flexibility index (Phi) is 6.81. The van der Waals surface area contributed by atoms with Crippen LogP contribution in [0.3, 0.4) is 0 Å². The summed E-state index contributed by atoms with van der Waals surface area (Å²) in [5, 5.41) is 17.1. The van der Waals surface area contributed by atoms with Gasteiger partial charge in [0.25, 0.3) is 5.91 Å². The highest BCUT2D eigenvalue weighted by atomic mass is 16.5. The first kappa shape index (κ1) is 21.8. The van der Waals surface area contributed by atoms with E-state index >= 15 is 0 Å². The Bertz CT molecular complexity index is 1260. The maximum Gasteiger partial charge on any atom is 0.251 e. The Labute approximate surface area is 193 Å². The van der Waals surface area contributed by atoms with Crippen molar-refractivity contribution < 1.29 is 9.53 Å². The second-order valence-corrected chi connectivity index (χ2v) is 7.57. The molecule has 4 aromatic rings. The lowest BCUT2D eigenvalue weighted by Crippen LogP contribution is -2.25. The SMILES string of the molecule is Cc1nn(-c2ccccc2)c(COc2ccc(CCNC(=O)c3ccccc3)cc2)c1C#N. The van der Waals surface area contributed by atoms with Crippen LogP contribution in [-0.2, 0) is 13.0 Å². The van der Waals surface area contributed by atoms with Crippen LogP contribution in [0.4, 0.5) is 0 Å². The van der Waals surface area contributed by atoms with Crippen LogP contribution in [-0.4, -0.2) is 22.2 Å². The van der Waals surface area contributed by atoms with Gasteiger partial charge in [0.1, 0.15) is 24.0 Å². The van der Waals surface area contributed by atoms with Crippen LogP contribution < -0.4 is 10.1 Å². The zero-order chi connectivity index (χ0) is 23.0. The van der Waals surface area contributed by atoms with E-state index in [1.165, 1.54) is 0 Å². The van der Waals surface area contributed by atoms with Crippen molar-refractivity contribution >= 4 is 5.91 Å². The van der Waals surface area contributed by atoms with Crippen molar-refractivity contribution in [1.29, 1.82) is 5.26 Å². The van der Waals surface area contributed by atoms with Crippen LogP contribution in [0.15, 0.2) is 84.9 Å². The lowest BCUT2D eigenvalue weighted by Gasteiger charge is -2.11. The number of para-hydroxylation sites is 1. The first-order valence-corrected chi connectivity index (χ1v) is 10.7. The number of ether oxygens (including phenoxy) is 1. The number of rotatable bonds is 8. The predicted octanol–water partition coefficient (Wildman–Crippen LogP) is 4.60. The Morgan fingerprint density at radius 3 is 2.33 bits per heavy atom. The molecule has 0 aliphatic heterocycles. The molecule has 0 aliphatic carbocycles. The Balaban J connectivity index is 1.36. The molecule has 1 N–H and O–H groups in total. The zero-order valence-corrected chi connectivity index (χ0v) is 18.4. The number of aromatic nitrogens is 2. The van der Waals surface area contributed by atoms with E-state index < -0.39 is 0 Å². The van der Waals surface area contributed by atoms with E-state index in [1.54, 1.807) is 16.8 Å². The third-order valence-electron chi connectivity index (χ3n) is 5.30. The van der Waals surface area contributed by atoms with Gasteiger partial charge >= 0.3 is 0 Å². The number of nitriles is 1. The molecule has 0 atom stereocenters. The molecule has 0 aliphatic rings. The predicted molar refractivity (Wildman–Crippen MR) is 126 cm³/mol. The number of hydrogen-bond donors (Lipinski definition) is 1. The second kappa shape index (κ2) is 10.3. The van der Waals surface area contributed by atoms with Gasteiger partial charge in [-0.05, 0) is 55.3 Å². The van der Waals surface area contributed by atoms with Crippen molar-refractivity contribution in [3.8, 4) is 17.5 Å². The minimum atomic E-state index is -0.0748. The van der Waals surface area contributed by atoms with Crippen molar-refractivity contribution in [2.24, 2.45) is 0 Å². The molecule has 0 unspecified atom stereocenters. The normalized spacial score (nSPS) is 10.4. The van der Waals surface area contributed by atoms with E-state index in [2.05, 4.69) is 16.5 Å². The van der Waals surface area contributed by atoms with Crippen molar-refractivity contribution in [2.45, 2.75) is 20.0 Å². The molecule has 3 aromatic carbocycles. The van der Waals surface area contributed by atoms with Crippen LogP contribution in [0.5, 0.6) is 5.75 Å². The Hall–Kier alpha value is -4.37. The Morgan fingerprint density at radius 1 is 1.00 bits per heavy atom. The summed E-state index contributed by atoms with van der Waals surface area (Å²) >= 11 is 0. The highest BCUT2D eigenvalue weighted by Crippen LogP contribution is 2.21. The molecule has 1 aromatic heterocycles. The number of carbonyl (C=O) groups excluding carboxylic acids is 1. The maximum absolute atomic E-state index is 12.1. The highest BCUT2D eigenvalue weighted by molar-refractivity contribution is 5.94. The highest BCUT2D eigenvalue weighted by Gasteiger charge is 2.17. The van der Waals surface area contributed by atoms with E-state index in [9.17, 15) is 10.1 Å². The second-order valence-electron chi connectivity index (χ2n) is 7.57. The minimum Gasteiger partial charge on any atom is -0.487 e. The number of benzene rings is 3. The van der Waals surface area contributed by atoms with Crippen molar-refractivity contribution in [2.75, 3.05) is 6.54 Å². The summed E-state index contributed by atoms with van der Waals surface area (Å²) in [5.74, 6) is 0.628. The summed E-state index contributed by atoms with van der Waals surface area (Å²) in [7, 11) is 0. The van der Waals surface area contributed by atoms with Gasteiger partial charge in [0, 0.05) is 12.1 Å². The fourth-order valence-electron chi connectivity index (χ4n) is 3.55. The molecule has 33 heavy (non-hydrogen) atoms. The zero-order valence-electron chi connectivity index (χ0n) is 18.4. The minimum absolute atomic E-state index is 0.0748. The largest absolute Gasteiger partial charge is 0.487 e. The summed E-state index contributed by atoms with van der Waals surface area (Å²) < 4.78 is 7.75. The van der Waals surface area contributed by atoms with Crippen molar-refractivity contribution in [3.63, 3.8) is 0 Å². The van der Waals surface area contributed by atoms with Crippen LogP contribution in [0, 0.1) is 18.3 Å². The monoisotopic (exact) mass is 436 g/mol. The van der Waals surface area contributed by atoms with Gasteiger partial charge in [-0.15, -0.1) is 0 Å². The third kappa shape index (κ3) is 5.28. The fourth-order valence-corrected chi connectivity index (χ4v) is 3.55. The quantitative estimate of drug-likeness (QED) is 0.438. The van der Waals surface area contributed by atoms with E-state index in [4.69, 9.17) is 4.74 Å². The molecule has 0 radical (unpaired) electrons. The molecule has 0 spiro atoms. The average Bonchev–Trinajstić information content (AvgIpc) is 3.19. The number of amides is 1. The average molecular weight is 437 g/mol. The van der Waals surface area contributed by atoms with Crippen LogP contribution in [0.25, 0.3) is 5.69 Å². The van der Waals surface area contributed by atoms with Gasteiger partial charge in [-0.1, -0.05) is 48.5 Å². The number of nitrogens with zero attached hydrogens (tertiary/aromatic N) is 3. The van der Waals surface area contributed by atoms with Gasteiger partial charge in [-0.3, -0.25) is 4.79 Å². The smallest absolute Gasteiger partial charge is 0.251 e. The van der Waals surface area contributed by atoms with E-state index in [-0.39, 0.29) is 12.5 Å². The molecule has 4 rings (SSSR count). The standard InChI is InChI=1S/C27H24N4O2/c1-20-25(18-28)26(31(30-20)23-10-6-3-7-11-23)19-33-24-14-12-21(13-15-24)16-17-29-27(32)22-8-4-2-5-9-22/h2-15H,16-17,19H2,1H3,(H,29,32). The first-order valence-electron chi connectivity index (χ1n) is 10.7. The van der Waals surface area contributed by atoms with Crippen LogP contribution in [0.1, 0.15) is 32.9 Å². The lowest BCUT2D eigenvalue weighted by atomic mass is 10.1. The number of carbonyl (C=O) groups is 1. The van der Waals surface area contributed by atoms with Gasteiger partial charge in [-0.25, -0.2) is 4.68 Å². The summed E-state index contributed by atoms with van der Waals surface area (Å²) in [6.07, 6.45) is 0.720. The van der Waals surface area contributed by atoms with Gasteiger partial charge in [0.05, 0.1) is 17.1 Å². The molecular formula is C27H24N4O2. The number of aryl methyl sites for hydroxylation is 1. The van der Waals surface area contributed by atoms with Gasteiger partial charge in [0.15, 0.2) is 0 Å². The molecule has 0 saturated carbocycles. The van der Waals surface area contributed by atoms with E-state index in [0.717, 1.165) is 17.7 Å². The number of hydrogen-bond acceptors (Lipinski definition) is 4. The van der Waals surface area contributed by atoms with Gasteiger partial charge in [0.2, 0.25) is 0 Å². The fraction of sp³-hybridized carbons (Fsp3) is 0.148. The van der Waals surface area contributed by atoms with Crippen LogP contribution in [0.2, 0.25) is 0 Å². The molecule has 1 amide bonds. The van der Waals surface area contributed by atoms with Crippen LogP contribution >= 0.6 is 0 Å². The number of nitrogens with one attached hydrogen (secondary N) is 1. The molecule has 1 heterocycles. The first-order chi connectivity index (χ1) is 16.2. The Morgan fingerprint density at radius 2 is 1.67 bits per heavy atom. The summed E-state index contributed by atoms with van der Waals surface area (Å²) in [6.45, 7) is 2.60. The van der Waals surface area contributed by atoms with E-state index in [1.807, 2.05) is 79.7 Å². The molecule has 164 valence electrons. The summed E-state index contributed by atoms with van der Waals surface area (Å²) in [5.41, 5.74) is 4.56. The molecule has 6 heteroatoms. The van der Waals surface area contributed by atoms with Crippen molar-refractivity contribution in [3.05, 3.63) is 113 Å². The van der Waals surface area contributed by atoms with Crippen molar-refractivity contribution in [1.82, 2.24) is 15.1 Å². The molecule has 0 bridgehead atoms. The van der Waals surface area contributed by atoms with Gasteiger partial charge < -0.3 is 10.1 Å². The lowest BCUT2D eigenvalue weighted by molar-refractivity contribution is 0.0954. The summed E-state index contributed by atoms with van der Waals surface area (Å²) in [6, 6.07) is 28.9. The molecular weight excluding hydrogens is 412 g/mol.